The normalized spacial score (nSPS) is 27.8. The molecule has 0 radical (unpaired) electrons. The zero-order chi connectivity index (χ0) is 11.1. The van der Waals surface area contributed by atoms with Crippen molar-refractivity contribution in [2.45, 2.75) is 32.3 Å². The highest BCUT2D eigenvalue weighted by molar-refractivity contribution is 5.60. The minimum absolute atomic E-state index is 0.0235. The molecule has 1 saturated carbocycles. The van der Waals surface area contributed by atoms with Gasteiger partial charge in [-0.25, -0.2) is 0 Å². The summed E-state index contributed by atoms with van der Waals surface area (Å²) in [5, 5.41) is 9.31. The van der Waals surface area contributed by atoms with E-state index in [0.717, 1.165) is 25.9 Å². The SMILES string of the molecule is Cc1cccc2c1CCN2CC1CC(O)C1. The van der Waals surface area contributed by atoms with Crippen LogP contribution in [-0.4, -0.2) is 24.3 Å². The summed E-state index contributed by atoms with van der Waals surface area (Å²) in [6.07, 6.45) is 3.16. The number of aliphatic hydroxyl groups excluding tert-OH is 1. The summed E-state index contributed by atoms with van der Waals surface area (Å²) in [6, 6.07) is 6.60. The Morgan fingerprint density at radius 1 is 1.38 bits per heavy atom. The molecule has 2 nitrogen and oxygen atoms in total. The third kappa shape index (κ3) is 1.61. The van der Waals surface area contributed by atoms with Gasteiger partial charge in [-0.3, -0.25) is 0 Å². The second-order valence-corrected chi connectivity index (χ2v) is 5.26. The zero-order valence-corrected chi connectivity index (χ0v) is 9.82. The van der Waals surface area contributed by atoms with Crippen LogP contribution in [0.5, 0.6) is 0 Å². The van der Waals surface area contributed by atoms with E-state index in [4.69, 9.17) is 0 Å². The summed E-state index contributed by atoms with van der Waals surface area (Å²) in [4.78, 5) is 2.50. The van der Waals surface area contributed by atoms with Crippen molar-refractivity contribution in [2.75, 3.05) is 18.0 Å². The van der Waals surface area contributed by atoms with Gasteiger partial charge < -0.3 is 10.0 Å². The lowest BCUT2D eigenvalue weighted by atomic mass is 9.82. The van der Waals surface area contributed by atoms with Gasteiger partial charge in [-0.1, -0.05) is 12.1 Å². The third-order valence-electron chi connectivity index (χ3n) is 4.05. The molecule has 0 saturated heterocycles. The number of fused-ring (bicyclic) bond motifs is 1. The number of aliphatic hydroxyl groups is 1. The van der Waals surface area contributed by atoms with E-state index in [1.807, 2.05) is 0 Å². The Kier molecular flexibility index (Phi) is 2.40. The molecule has 0 unspecified atom stereocenters. The van der Waals surface area contributed by atoms with Crippen LogP contribution < -0.4 is 4.90 Å². The van der Waals surface area contributed by atoms with Gasteiger partial charge in [0.2, 0.25) is 0 Å². The molecule has 2 heteroatoms. The number of anilines is 1. The molecule has 0 aromatic heterocycles. The number of nitrogens with zero attached hydrogens (tertiary/aromatic N) is 1. The Labute approximate surface area is 96.9 Å². The Bertz CT molecular complexity index is 396. The lowest BCUT2D eigenvalue weighted by molar-refractivity contribution is 0.0462. The van der Waals surface area contributed by atoms with E-state index >= 15 is 0 Å². The van der Waals surface area contributed by atoms with Crippen LogP contribution >= 0.6 is 0 Å². The van der Waals surface area contributed by atoms with Crippen LogP contribution in [0.1, 0.15) is 24.0 Å². The van der Waals surface area contributed by atoms with Crippen molar-refractivity contribution in [2.24, 2.45) is 5.92 Å². The Balaban J connectivity index is 1.74. The average molecular weight is 217 g/mol. The first kappa shape index (κ1) is 10.2. The Morgan fingerprint density at radius 2 is 2.19 bits per heavy atom. The number of hydrogen-bond donors (Lipinski definition) is 1. The molecule has 0 amide bonds. The third-order valence-corrected chi connectivity index (χ3v) is 4.05. The molecule has 1 aliphatic carbocycles. The first-order chi connectivity index (χ1) is 7.74. The lowest BCUT2D eigenvalue weighted by Gasteiger charge is -2.35. The Morgan fingerprint density at radius 3 is 2.94 bits per heavy atom. The average Bonchev–Trinajstić information content (AvgIpc) is 2.61. The van der Waals surface area contributed by atoms with Crippen molar-refractivity contribution in [1.82, 2.24) is 0 Å². The van der Waals surface area contributed by atoms with Crippen molar-refractivity contribution in [3.05, 3.63) is 29.3 Å². The zero-order valence-electron chi connectivity index (χ0n) is 9.82. The summed E-state index contributed by atoms with van der Waals surface area (Å²) in [5.74, 6) is 0.710. The molecule has 0 bridgehead atoms. The van der Waals surface area contributed by atoms with E-state index in [0.29, 0.717) is 5.92 Å². The molecule has 1 fully saturated rings. The molecule has 3 rings (SSSR count). The van der Waals surface area contributed by atoms with Crippen LogP contribution in [0.4, 0.5) is 5.69 Å². The molecule has 2 aliphatic rings. The van der Waals surface area contributed by atoms with Crippen LogP contribution in [0.25, 0.3) is 0 Å². The molecule has 1 N–H and O–H groups in total. The fraction of sp³-hybridized carbons (Fsp3) is 0.571. The van der Waals surface area contributed by atoms with Gasteiger partial charge in [0.1, 0.15) is 0 Å². The summed E-state index contributed by atoms with van der Waals surface area (Å²) in [6.45, 7) is 4.50. The molecule has 0 atom stereocenters. The first-order valence-corrected chi connectivity index (χ1v) is 6.25. The van der Waals surface area contributed by atoms with Crippen molar-refractivity contribution < 1.29 is 5.11 Å². The minimum Gasteiger partial charge on any atom is -0.393 e. The van der Waals surface area contributed by atoms with Gasteiger partial charge in [0.15, 0.2) is 0 Å². The molecule has 86 valence electrons. The number of benzene rings is 1. The maximum atomic E-state index is 9.31. The van der Waals surface area contributed by atoms with Crippen molar-refractivity contribution in [3.8, 4) is 0 Å². The quantitative estimate of drug-likeness (QED) is 0.820. The highest BCUT2D eigenvalue weighted by Crippen LogP contribution is 2.34. The van der Waals surface area contributed by atoms with Crippen molar-refractivity contribution in [3.63, 3.8) is 0 Å². The predicted octanol–water partition coefficient (Wildman–Crippen LogP) is 2.13. The smallest absolute Gasteiger partial charge is 0.0546 e. The first-order valence-electron chi connectivity index (χ1n) is 6.25. The summed E-state index contributed by atoms with van der Waals surface area (Å²) in [5.41, 5.74) is 4.39. The van der Waals surface area contributed by atoms with Gasteiger partial charge in [-0.15, -0.1) is 0 Å². The van der Waals surface area contributed by atoms with Crippen LogP contribution in [0, 0.1) is 12.8 Å². The van der Waals surface area contributed by atoms with E-state index in [-0.39, 0.29) is 6.10 Å². The van der Waals surface area contributed by atoms with Gasteiger partial charge in [-0.2, -0.15) is 0 Å². The molecular weight excluding hydrogens is 198 g/mol. The Hall–Kier alpha value is -1.02. The molecule has 1 aromatic rings. The fourth-order valence-electron chi connectivity index (χ4n) is 3.03. The van der Waals surface area contributed by atoms with Crippen LogP contribution in [0.2, 0.25) is 0 Å². The van der Waals surface area contributed by atoms with Gasteiger partial charge in [0.05, 0.1) is 6.10 Å². The second kappa shape index (κ2) is 3.77. The van der Waals surface area contributed by atoms with Crippen molar-refractivity contribution in [1.29, 1.82) is 0 Å². The van der Waals surface area contributed by atoms with E-state index in [2.05, 4.69) is 30.0 Å². The van der Waals surface area contributed by atoms with Gasteiger partial charge in [0.25, 0.3) is 0 Å². The molecule has 1 heterocycles. The van der Waals surface area contributed by atoms with Crippen LogP contribution in [-0.2, 0) is 6.42 Å². The maximum absolute atomic E-state index is 9.31. The minimum atomic E-state index is -0.0235. The fourth-order valence-corrected chi connectivity index (χ4v) is 3.03. The summed E-state index contributed by atoms with van der Waals surface area (Å²) in [7, 11) is 0. The second-order valence-electron chi connectivity index (χ2n) is 5.26. The van der Waals surface area contributed by atoms with E-state index in [1.165, 1.54) is 23.2 Å². The highest BCUT2D eigenvalue weighted by atomic mass is 16.3. The maximum Gasteiger partial charge on any atom is 0.0546 e. The summed E-state index contributed by atoms with van der Waals surface area (Å²) < 4.78 is 0. The van der Waals surface area contributed by atoms with Gasteiger partial charge >= 0.3 is 0 Å². The van der Waals surface area contributed by atoms with Crippen LogP contribution in [0.15, 0.2) is 18.2 Å². The number of aryl methyl sites for hydroxylation is 1. The van der Waals surface area contributed by atoms with Gasteiger partial charge in [-0.05, 0) is 49.3 Å². The molecule has 1 aliphatic heterocycles. The summed E-state index contributed by atoms with van der Waals surface area (Å²) >= 11 is 0. The number of rotatable bonds is 2. The molecule has 1 aromatic carbocycles. The number of hydrogen-bond acceptors (Lipinski definition) is 2. The standard InChI is InChI=1S/C14H19NO/c1-10-3-2-4-14-13(10)5-6-15(14)9-11-7-12(16)8-11/h2-4,11-12,16H,5-9H2,1H3. The topological polar surface area (TPSA) is 23.5 Å². The van der Waals surface area contributed by atoms with E-state index < -0.39 is 0 Å². The van der Waals surface area contributed by atoms with Gasteiger partial charge in [0, 0.05) is 18.8 Å². The predicted molar refractivity (Wildman–Crippen MR) is 65.8 cm³/mol. The largest absolute Gasteiger partial charge is 0.393 e. The van der Waals surface area contributed by atoms with E-state index in [9.17, 15) is 5.11 Å². The monoisotopic (exact) mass is 217 g/mol. The molecule has 16 heavy (non-hydrogen) atoms. The molecule has 0 spiro atoms. The highest BCUT2D eigenvalue weighted by Gasteiger charge is 2.30. The van der Waals surface area contributed by atoms with Crippen LogP contribution in [0.3, 0.4) is 0 Å². The van der Waals surface area contributed by atoms with E-state index in [1.54, 1.807) is 0 Å². The van der Waals surface area contributed by atoms with Crippen molar-refractivity contribution >= 4 is 5.69 Å². The lowest BCUT2D eigenvalue weighted by Crippen LogP contribution is -2.38. The molecular formula is C14H19NO.